The van der Waals surface area contributed by atoms with Gasteiger partial charge in [-0.05, 0) is 139 Å². The summed E-state index contributed by atoms with van der Waals surface area (Å²) in [5.41, 5.74) is 19.3. The van der Waals surface area contributed by atoms with Crippen molar-refractivity contribution in [3.63, 3.8) is 0 Å². The molecule has 0 atom stereocenters. The summed E-state index contributed by atoms with van der Waals surface area (Å²) >= 11 is 7.86. The first-order chi connectivity index (χ1) is 66.3. The van der Waals surface area contributed by atoms with Gasteiger partial charge < -0.3 is 33.3 Å². The van der Waals surface area contributed by atoms with Gasteiger partial charge in [-0.1, -0.05) is 243 Å². The van der Waals surface area contributed by atoms with Crippen LogP contribution in [0.25, 0.3) is 56.3 Å². The van der Waals surface area contributed by atoms with Gasteiger partial charge >= 0.3 is 5.97 Å². The van der Waals surface area contributed by atoms with Gasteiger partial charge in [0.2, 0.25) is 0 Å². The number of piperidine rings is 1. The van der Waals surface area contributed by atoms with E-state index in [-0.39, 0.29) is 61.3 Å². The molecule has 1 amide bonds. The summed E-state index contributed by atoms with van der Waals surface area (Å²) in [5, 5.41) is 3.73. The number of carbonyl (C=O) groups excluding carboxylic acids is 2. The van der Waals surface area contributed by atoms with Gasteiger partial charge in [-0.2, -0.15) is 0 Å². The van der Waals surface area contributed by atoms with Crippen LogP contribution < -0.4 is 32.5 Å². The van der Waals surface area contributed by atoms with Crippen LogP contribution in [0.4, 0.5) is 0 Å². The highest BCUT2D eigenvalue weighted by Gasteiger charge is 2.47. The molecule has 0 unspecified atom stereocenters. The zero-order valence-corrected chi connectivity index (χ0v) is 86.7. The van der Waals surface area contributed by atoms with E-state index in [1.807, 2.05) is 103 Å². The van der Waals surface area contributed by atoms with Gasteiger partial charge in [0, 0.05) is 168 Å². The minimum Gasteiger partial charge on any atom is -0.497 e. The summed E-state index contributed by atoms with van der Waals surface area (Å²) < 4.78 is 39.8. The summed E-state index contributed by atoms with van der Waals surface area (Å²) in [4.78, 5) is 119. The maximum absolute atomic E-state index is 14.1. The summed E-state index contributed by atoms with van der Waals surface area (Å²) in [5.74, 6) is 5.07. The SMILES string of the molecule is C=CCn1c(SCCOC)nc2c(c1=O)C(C)(C)Cc1cc(C(=O)OC)ccc1-2.C=CCn1c(SCCOC)nc2c(c1=O)C1(CCN(C(=O)c3ccccc3)CC1)Cc1ccccc1-2.CCSc1nc2c(c(=O)n1C)C(C)(C)Cc1ccc(OC)cc1-2.CCSc1nc2c(c(=O)n1CCOC)C(C)(C)Cc1ccccc1-2.COCCSc1nc2c(c(=O)n1CC1CC1)C(C)(C)Cc1ccccc1-2. The molecule has 0 N–H and O–H groups in total. The Bertz CT molecular complexity index is 6680. The molecule has 6 aliphatic carbocycles. The molecule has 1 saturated heterocycles. The van der Waals surface area contributed by atoms with E-state index in [1.54, 1.807) is 107 Å². The highest BCUT2D eigenvalue weighted by atomic mass is 32.2. The van der Waals surface area contributed by atoms with Crippen molar-refractivity contribution >= 4 is 70.7 Å². The third-order valence-corrected chi connectivity index (χ3v) is 31.3. The molecule has 5 aromatic heterocycles. The Kier molecular flexibility index (Phi) is 33.7. The number of carbonyl (C=O) groups is 2. The minimum absolute atomic E-state index is 0.0113. The number of hydrogen-bond acceptors (Lipinski definition) is 23. The Morgan fingerprint density at radius 1 is 0.413 bits per heavy atom. The molecule has 1 aliphatic heterocycles. The van der Waals surface area contributed by atoms with Crippen molar-refractivity contribution < 1.29 is 38.0 Å². The first-order valence-electron chi connectivity index (χ1n) is 47.3. The lowest BCUT2D eigenvalue weighted by atomic mass is 9.64. The number of fused-ring (bicyclic) bond motifs is 16. The molecule has 728 valence electrons. The fourth-order valence-corrected chi connectivity index (χ4v) is 23.9. The van der Waals surface area contributed by atoms with Crippen molar-refractivity contribution in [2.45, 2.75) is 206 Å². The predicted octanol–water partition coefficient (Wildman–Crippen LogP) is 18.8. The molecule has 6 heterocycles. The third-order valence-electron chi connectivity index (χ3n) is 26.7. The van der Waals surface area contributed by atoms with Crippen molar-refractivity contribution in [2.24, 2.45) is 13.0 Å². The predicted molar refractivity (Wildman–Crippen MR) is 558 cm³/mol. The molecular formula is C109H129N11O13S5. The van der Waals surface area contributed by atoms with Crippen LogP contribution in [0.15, 0.2) is 215 Å². The van der Waals surface area contributed by atoms with Crippen LogP contribution in [-0.4, -0.2) is 175 Å². The summed E-state index contributed by atoms with van der Waals surface area (Å²) in [6, 6.07) is 45.9. The highest BCUT2D eigenvalue weighted by molar-refractivity contribution is 8.00. The van der Waals surface area contributed by atoms with Gasteiger partial charge in [0.1, 0.15) is 5.75 Å². The molecule has 1 spiro atoms. The third kappa shape index (κ3) is 22.0. The Balaban J connectivity index is 0.000000139. The number of ether oxygens (including phenoxy) is 6. The van der Waals surface area contributed by atoms with Crippen molar-refractivity contribution in [1.29, 1.82) is 0 Å². The maximum Gasteiger partial charge on any atom is 0.337 e. The van der Waals surface area contributed by atoms with Crippen LogP contribution >= 0.6 is 58.8 Å². The second-order valence-electron chi connectivity index (χ2n) is 38.3. The fraction of sp³-hybridized carbons (Fsp3) is 0.431. The van der Waals surface area contributed by atoms with E-state index < -0.39 is 5.41 Å². The van der Waals surface area contributed by atoms with E-state index in [2.05, 4.69) is 129 Å². The second-order valence-corrected chi connectivity index (χ2v) is 43.9. The fourth-order valence-electron chi connectivity index (χ4n) is 19.8. The number of hydrogen-bond donors (Lipinski definition) is 0. The zero-order valence-electron chi connectivity index (χ0n) is 82.7. The number of thioether (sulfide) groups is 5. The molecule has 7 aliphatic rings. The molecule has 29 heteroatoms. The number of aromatic nitrogens is 10. The van der Waals surface area contributed by atoms with E-state index in [0.717, 1.165) is 162 Å². The highest BCUT2D eigenvalue weighted by Crippen LogP contribution is 2.50. The average molecular weight is 1960 g/mol. The van der Waals surface area contributed by atoms with Crippen LogP contribution in [0, 0.1) is 5.92 Å². The summed E-state index contributed by atoms with van der Waals surface area (Å²) in [7, 11) is 11.5. The van der Waals surface area contributed by atoms with Gasteiger partial charge in [0.15, 0.2) is 25.8 Å². The molecule has 1 saturated carbocycles. The van der Waals surface area contributed by atoms with Crippen LogP contribution in [0.1, 0.15) is 171 Å². The van der Waals surface area contributed by atoms with Gasteiger partial charge in [0.05, 0.1) is 86.8 Å². The van der Waals surface area contributed by atoms with Gasteiger partial charge in [-0.15, -0.1) is 13.2 Å². The largest absolute Gasteiger partial charge is 0.497 e. The van der Waals surface area contributed by atoms with E-state index in [4.69, 9.17) is 53.3 Å². The molecule has 2 fully saturated rings. The van der Waals surface area contributed by atoms with Crippen LogP contribution in [0.2, 0.25) is 0 Å². The van der Waals surface area contributed by atoms with Crippen LogP contribution in [0.5, 0.6) is 5.75 Å². The molecule has 6 aromatic carbocycles. The Morgan fingerprint density at radius 2 is 0.804 bits per heavy atom. The van der Waals surface area contributed by atoms with E-state index in [1.165, 1.54) is 65.7 Å². The number of esters is 1. The first-order valence-corrected chi connectivity index (χ1v) is 52.3. The van der Waals surface area contributed by atoms with Gasteiger partial charge in [-0.3, -0.25) is 51.6 Å². The Hall–Kier alpha value is -10.5. The first kappa shape index (κ1) is 103. The van der Waals surface area contributed by atoms with Crippen molar-refractivity contribution in [3.05, 3.63) is 283 Å². The Morgan fingerprint density at radius 3 is 1.27 bits per heavy atom. The van der Waals surface area contributed by atoms with Crippen molar-refractivity contribution in [2.75, 3.05) is 111 Å². The minimum atomic E-state index is -0.417. The molecule has 0 bridgehead atoms. The van der Waals surface area contributed by atoms with Crippen molar-refractivity contribution in [1.82, 2.24) is 52.7 Å². The number of allylic oxidation sites excluding steroid dienone is 2. The lowest BCUT2D eigenvalue weighted by Gasteiger charge is -2.45. The molecule has 11 aromatic rings. The van der Waals surface area contributed by atoms with E-state index in [0.29, 0.717) is 116 Å². The zero-order chi connectivity index (χ0) is 98.7. The Labute approximate surface area is 830 Å². The number of benzene rings is 6. The number of likely N-dealkylation sites (tertiary alicyclic amines) is 1. The maximum atomic E-state index is 14.1. The number of amides is 1. The number of methoxy groups -OCH3 is 6. The number of nitrogens with zero attached hydrogens (tertiary/aromatic N) is 11. The van der Waals surface area contributed by atoms with Crippen molar-refractivity contribution in [3.8, 4) is 62.0 Å². The standard InChI is InChI=1S/C29H31N3O3S.C22H26N2O4S.C21H26N2O2S.C19H24N2O2S.C18H22N2O2S/c1-3-15-32-27(34)24-25(30-28(32)36-19-18-35-2)23-12-8-7-11-22(23)20-29(24)13-16-31(17-14-29)26(33)21-9-5-4-6-10-21;1-6-9-24-19(25)17-18(23-21(24)29-11-10-27-4)16-8-7-14(20(26)28-5)12-15(16)13-22(17,2)3;1-21(2)12-15-6-4-5-7-16(15)18-17(21)19(24)23(13-14-8-9-14)20(22-18)26-11-10-25-3;1-5-24-18-20-16-14-9-7-6-8-13(14)12-19(2,3)15(16)17(22)21(18)10-11-23-4;1-6-23-17-19-15-13-9-12(22-5)8-7-11(13)10-18(2,3)14(15)16(21)20(17)4/h3-12H,1,13-20H2,2H3;6-8,12H,1,9-11,13H2,2-5H3;4-7,14H,8-13H2,1-3H3;6-9H,5,10-12H2,1-4H3;7-9H,6,10H2,1-5H3. The van der Waals surface area contributed by atoms with Gasteiger partial charge in [0.25, 0.3) is 33.7 Å². The normalized spacial score (nSPS) is 15.5. The lowest BCUT2D eigenvalue weighted by Crippen LogP contribution is -2.50. The van der Waals surface area contributed by atoms with E-state index >= 15 is 0 Å². The summed E-state index contributed by atoms with van der Waals surface area (Å²) in [6.07, 6.45) is 11.4. The average Bonchev–Trinajstić information content (AvgIpc) is 0.842. The molecule has 138 heavy (non-hydrogen) atoms. The lowest BCUT2D eigenvalue weighted by molar-refractivity contribution is 0.0599. The smallest absolute Gasteiger partial charge is 0.337 e. The molecule has 24 nitrogen and oxygen atoms in total. The second kappa shape index (κ2) is 45.0. The molecule has 0 radical (unpaired) electrons. The quantitative estimate of drug-likeness (QED) is 0.0145. The summed E-state index contributed by atoms with van der Waals surface area (Å²) in [6.45, 7) is 34.4. The monoisotopic (exact) mass is 1960 g/mol. The number of rotatable bonds is 28. The van der Waals surface area contributed by atoms with E-state index in [9.17, 15) is 33.6 Å². The molecule has 18 rings (SSSR count). The molecular weight excluding hydrogens is 1830 g/mol. The topological polar surface area (TPSA) is 267 Å². The van der Waals surface area contributed by atoms with Crippen LogP contribution in [-0.2, 0) is 116 Å². The van der Waals surface area contributed by atoms with Gasteiger partial charge in [-0.25, -0.2) is 29.7 Å². The van der Waals surface area contributed by atoms with Crippen LogP contribution in [0.3, 0.4) is 0 Å².